The number of cyclic esters (lactones) is 1. The maximum Gasteiger partial charge on any atom is 0.414 e. The summed E-state index contributed by atoms with van der Waals surface area (Å²) in [6, 6.07) is 10.9. The molecule has 0 radical (unpaired) electrons. The van der Waals surface area contributed by atoms with Crippen molar-refractivity contribution in [2.24, 2.45) is 0 Å². The van der Waals surface area contributed by atoms with Crippen LogP contribution in [0.3, 0.4) is 0 Å². The summed E-state index contributed by atoms with van der Waals surface area (Å²) in [6.07, 6.45) is -1.11. The van der Waals surface area contributed by atoms with Gasteiger partial charge in [0.15, 0.2) is 0 Å². The van der Waals surface area contributed by atoms with Crippen LogP contribution < -0.4 is 19.9 Å². The Morgan fingerprint density at radius 3 is 2.61 bits per heavy atom. The predicted octanol–water partition coefficient (Wildman–Crippen LogP) is 4.04. The first-order valence-corrected chi connectivity index (χ1v) is 12.9. The number of furan rings is 1. The highest BCUT2D eigenvalue weighted by Gasteiger charge is 2.33. The topological polar surface area (TPSA) is 131 Å². The lowest BCUT2D eigenvalue weighted by atomic mass is 10.2. The molecule has 3 heterocycles. The lowest BCUT2D eigenvalue weighted by Gasteiger charge is -2.36. The monoisotopic (exact) mass is 571 g/mol. The van der Waals surface area contributed by atoms with E-state index >= 15 is 4.39 Å². The van der Waals surface area contributed by atoms with Crippen LogP contribution >= 0.6 is 0 Å². The molecule has 0 bridgehead atoms. The highest BCUT2D eigenvalue weighted by atomic mass is 19.1. The van der Waals surface area contributed by atoms with Gasteiger partial charge in [-0.25, -0.2) is 13.6 Å². The molecule has 2 fully saturated rings. The number of halogens is 2. The Labute approximate surface area is 233 Å². The molecule has 14 heteroatoms. The van der Waals surface area contributed by atoms with E-state index in [9.17, 15) is 24.1 Å². The minimum Gasteiger partial charge on any atom is -0.442 e. The van der Waals surface area contributed by atoms with Gasteiger partial charge in [-0.3, -0.25) is 24.7 Å². The molecule has 2 aromatic carbocycles. The quantitative estimate of drug-likeness (QED) is 0.299. The van der Waals surface area contributed by atoms with E-state index in [4.69, 9.17) is 13.9 Å². The lowest BCUT2D eigenvalue weighted by Crippen LogP contribution is -2.46. The molecule has 0 saturated carbocycles. The summed E-state index contributed by atoms with van der Waals surface area (Å²) in [5.41, 5.74) is 0.290. The van der Waals surface area contributed by atoms with Crippen LogP contribution in [0.5, 0.6) is 11.7 Å². The normalized spacial score (nSPS) is 17.4. The predicted molar refractivity (Wildman–Crippen MR) is 142 cm³/mol. The number of benzene rings is 2. The molecule has 12 nitrogen and oxygen atoms in total. The third-order valence-electron chi connectivity index (χ3n) is 6.75. The Balaban J connectivity index is 1.14. The van der Waals surface area contributed by atoms with Gasteiger partial charge in [0.2, 0.25) is 11.7 Å². The highest BCUT2D eigenvalue weighted by molar-refractivity contribution is 5.90. The second kappa shape index (κ2) is 11.8. The van der Waals surface area contributed by atoms with Gasteiger partial charge < -0.3 is 24.1 Å². The van der Waals surface area contributed by atoms with Crippen molar-refractivity contribution in [3.8, 4) is 11.7 Å². The van der Waals surface area contributed by atoms with Crippen molar-refractivity contribution < 1.29 is 37.2 Å². The van der Waals surface area contributed by atoms with Crippen LogP contribution in [0, 0.1) is 21.7 Å². The van der Waals surface area contributed by atoms with E-state index in [-0.39, 0.29) is 30.7 Å². The van der Waals surface area contributed by atoms with Crippen molar-refractivity contribution in [3.63, 3.8) is 0 Å². The zero-order valence-corrected chi connectivity index (χ0v) is 22.0. The van der Waals surface area contributed by atoms with Crippen molar-refractivity contribution in [2.75, 3.05) is 49.1 Å². The van der Waals surface area contributed by atoms with Gasteiger partial charge in [0.05, 0.1) is 42.0 Å². The molecule has 2 amide bonds. The summed E-state index contributed by atoms with van der Waals surface area (Å²) in [4.78, 5) is 39.2. The molecule has 0 aliphatic carbocycles. The zero-order valence-electron chi connectivity index (χ0n) is 22.0. The van der Waals surface area contributed by atoms with Crippen LogP contribution in [0.2, 0.25) is 0 Å². The van der Waals surface area contributed by atoms with Gasteiger partial charge >= 0.3 is 11.8 Å². The van der Waals surface area contributed by atoms with Gasteiger partial charge in [-0.1, -0.05) is 0 Å². The molecule has 2 aliphatic rings. The largest absolute Gasteiger partial charge is 0.442 e. The molecule has 41 heavy (non-hydrogen) atoms. The number of nitrogens with zero attached hydrogens (tertiary/aromatic N) is 4. The smallest absolute Gasteiger partial charge is 0.414 e. The number of amides is 2. The van der Waals surface area contributed by atoms with E-state index in [1.807, 2.05) is 4.90 Å². The molecule has 1 N–H and O–H groups in total. The number of ether oxygens (including phenoxy) is 2. The summed E-state index contributed by atoms with van der Waals surface area (Å²) in [5, 5.41) is 13.8. The van der Waals surface area contributed by atoms with E-state index in [0.29, 0.717) is 49.9 Å². The SMILES string of the molecule is CC(=O)NC[C@H]1CN(c2ccc(N3CCN(Cc4ccc(Oc5ccc(F)cc5[N+](=O)[O-])o4)CC3)c(F)c2)C(=O)O1. The van der Waals surface area contributed by atoms with Crippen LogP contribution in [0.1, 0.15) is 12.7 Å². The number of anilines is 2. The third kappa shape index (κ3) is 6.54. The first-order chi connectivity index (χ1) is 19.7. The fourth-order valence-corrected chi connectivity index (χ4v) is 4.71. The maximum atomic E-state index is 15.1. The Kier molecular flexibility index (Phi) is 8.01. The molecule has 216 valence electrons. The number of nitrogens with one attached hydrogen (secondary N) is 1. The van der Waals surface area contributed by atoms with E-state index in [2.05, 4.69) is 10.2 Å². The van der Waals surface area contributed by atoms with E-state index in [1.165, 1.54) is 30.0 Å². The number of nitro groups is 1. The summed E-state index contributed by atoms with van der Waals surface area (Å²) in [7, 11) is 0. The fraction of sp³-hybridized carbons (Fsp3) is 0.333. The standard InChI is InChI=1S/C27H27F2N5O7/c1-17(35)30-14-21-16-33(27(36)40-21)19-3-5-23(22(29)13-19)32-10-8-31(9-11-32)15-20-4-7-26(39-20)41-25-6-2-18(28)12-24(25)34(37)38/h2-7,12-13,21H,8-11,14-16H2,1H3,(H,30,35)/t21-/m0/s1. The van der Waals surface area contributed by atoms with E-state index in [1.54, 1.807) is 18.2 Å². The Bertz CT molecular complexity index is 1460. The number of nitro benzene ring substituents is 1. The zero-order chi connectivity index (χ0) is 29.1. The van der Waals surface area contributed by atoms with Crippen LogP contribution in [0.4, 0.5) is 30.6 Å². The Morgan fingerprint density at radius 1 is 1.12 bits per heavy atom. The van der Waals surface area contributed by atoms with Crippen LogP contribution in [0.15, 0.2) is 52.9 Å². The van der Waals surface area contributed by atoms with Crippen molar-refractivity contribution in [2.45, 2.75) is 19.6 Å². The summed E-state index contributed by atoms with van der Waals surface area (Å²) in [6.45, 7) is 4.54. The maximum absolute atomic E-state index is 15.1. The van der Waals surface area contributed by atoms with E-state index < -0.39 is 34.4 Å². The number of rotatable bonds is 9. The van der Waals surface area contributed by atoms with Crippen molar-refractivity contribution in [3.05, 3.63) is 76.0 Å². The van der Waals surface area contributed by atoms with Gasteiger partial charge in [0, 0.05) is 39.2 Å². The van der Waals surface area contributed by atoms with Crippen molar-refractivity contribution >= 4 is 29.1 Å². The van der Waals surface area contributed by atoms with Gasteiger partial charge in [-0.05, 0) is 36.4 Å². The molecule has 2 aliphatic heterocycles. The number of carbonyl (C=O) groups is 2. The summed E-state index contributed by atoms with van der Waals surface area (Å²) < 4.78 is 44.9. The molecule has 3 aromatic rings. The number of hydrogen-bond donors (Lipinski definition) is 1. The number of hydrogen-bond acceptors (Lipinski definition) is 9. The van der Waals surface area contributed by atoms with Crippen LogP contribution in [0.25, 0.3) is 0 Å². The minimum atomic E-state index is -0.746. The van der Waals surface area contributed by atoms with Crippen LogP contribution in [-0.2, 0) is 16.1 Å². The van der Waals surface area contributed by atoms with Crippen LogP contribution in [-0.4, -0.2) is 67.2 Å². The summed E-state index contributed by atoms with van der Waals surface area (Å²) >= 11 is 0. The second-order valence-corrected chi connectivity index (χ2v) is 9.64. The lowest BCUT2D eigenvalue weighted by molar-refractivity contribution is -0.385. The first-order valence-electron chi connectivity index (χ1n) is 12.9. The fourth-order valence-electron chi connectivity index (χ4n) is 4.71. The van der Waals surface area contributed by atoms with Gasteiger partial charge in [-0.15, -0.1) is 0 Å². The number of carbonyl (C=O) groups excluding carboxylic acids is 2. The Hall–Kier alpha value is -4.72. The average Bonchev–Trinajstić information content (AvgIpc) is 3.54. The molecule has 0 unspecified atom stereocenters. The average molecular weight is 572 g/mol. The van der Waals surface area contributed by atoms with E-state index in [0.717, 1.165) is 12.1 Å². The number of piperazine rings is 1. The Morgan fingerprint density at radius 2 is 1.90 bits per heavy atom. The molecular formula is C27H27F2N5O7. The highest BCUT2D eigenvalue weighted by Crippen LogP contribution is 2.33. The third-order valence-corrected chi connectivity index (χ3v) is 6.75. The summed E-state index contributed by atoms with van der Waals surface area (Å²) in [5.74, 6) is -0.957. The molecule has 2 saturated heterocycles. The van der Waals surface area contributed by atoms with Gasteiger partial charge in [-0.2, -0.15) is 0 Å². The molecular weight excluding hydrogens is 544 g/mol. The molecule has 0 spiro atoms. The molecule has 1 atom stereocenters. The van der Waals surface area contributed by atoms with Crippen molar-refractivity contribution in [1.82, 2.24) is 10.2 Å². The second-order valence-electron chi connectivity index (χ2n) is 9.64. The van der Waals surface area contributed by atoms with Gasteiger partial charge in [0.1, 0.15) is 23.5 Å². The first kappa shape index (κ1) is 27.8. The molecule has 5 rings (SSSR count). The van der Waals surface area contributed by atoms with Gasteiger partial charge in [0.25, 0.3) is 5.95 Å². The molecule has 1 aromatic heterocycles. The van der Waals surface area contributed by atoms with Crippen molar-refractivity contribution in [1.29, 1.82) is 0 Å². The minimum absolute atomic E-state index is 0.0406.